The maximum atomic E-state index is 11.2. The lowest BCUT2D eigenvalue weighted by atomic mass is 10.0. The van der Waals surface area contributed by atoms with E-state index in [9.17, 15) is 25.2 Å². The van der Waals surface area contributed by atoms with Crippen LogP contribution < -0.4 is 0 Å². The topological polar surface area (TPSA) is 148 Å². The number of carbonyl (C=O) groups is 1. The number of esters is 1. The zero-order valence-electron chi connectivity index (χ0n) is 10.9. The van der Waals surface area contributed by atoms with E-state index in [-0.39, 0.29) is 0 Å². The highest BCUT2D eigenvalue weighted by Crippen LogP contribution is 2.09. The molecule has 0 spiro atoms. The van der Waals surface area contributed by atoms with Crippen LogP contribution in [0.15, 0.2) is 24.3 Å². The Hall–Kier alpha value is -1.29. The Bertz CT molecular complexity index is 340. The Labute approximate surface area is 115 Å². The maximum absolute atomic E-state index is 11.2. The van der Waals surface area contributed by atoms with E-state index in [1.165, 1.54) is 12.2 Å². The van der Waals surface area contributed by atoms with Crippen molar-refractivity contribution in [3.8, 4) is 0 Å². The number of rotatable bonds is 8. The SMILES string of the molecule is C/C=C/C=C/C(=O)OC(O)[C@H](O)[C@@H](O)[C@H](O)[C@H](O)CO. The fourth-order valence-electron chi connectivity index (χ4n) is 1.18. The molecule has 116 valence electrons. The van der Waals surface area contributed by atoms with Gasteiger partial charge in [-0.15, -0.1) is 0 Å². The third-order valence-corrected chi connectivity index (χ3v) is 2.35. The number of ether oxygens (including phenoxy) is 1. The number of aliphatic hydroxyl groups excluding tert-OH is 6. The average Bonchev–Trinajstić information content (AvgIpc) is 2.44. The number of allylic oxidation sites excluding steroid dienone is 3. The first-order chi connectivity index (χ1) is 9.34. The van der Waals surface area contributed by atoms with Crippen molar-refractivity contribution in [2.45, 2.75) is 37.6 Å². The molecule has 0 bridgehead atoms. The van der Waals surface area contributed by atoms with Crippen molar-refractivity contribution in [3.63, 3.8) is 0 Å². The second-order valence-electron chi connectivity index (χ2n) is 3.93. The minimum atomic E-state index is -2.10. The molecule has 0 aliphatic rings. The average molecular weight is 292 g/mol. The van der Waals surface area contributed by atoms with E-state index in [4.69, 9.17) is 10.2 Å². The monoisotopic (exact) mass is 292 g/mol. The molecule has 20 heavy (non-hydrogen) atoms. The summed E-state index contributed by atoms with van der Waals surface area (Å²) in [5.41, 5.74) is 0. The summed E-state index contributed by atoms with van der Waals surface area (Å²) in [7, 11) is 0. The highest BCUT2D eigenvalue weighted by atomic mass is 16.6. The molecular weight excluding hydrogens is 272 g/mol. The Morgan fingerprint density at radius 3 is 2.15 bits per heavy atom. The summed E-state index contributed by atoms with van der Waals surface area (Å²) in [6.07, 6.45) is -4.31. The van der Waals surface area contributed by atoms with Crippen LogP contribution >= 0.6 is 0 Å². The quantitative estimate of drug-likeness (QED) is 0.124. The molecule has 0 rings (SSSR count). The Kier molecular flexibility index (Phi) is 8.97. The number of carbonyl (C=O) groups excluding carboxylic acids is 1. The molecule has 0 aromatic rings. The minimum Gasteiger partial charge on any atom is -0.430 e. The standard InChI is InChI=1S/C12H20O8/c1-2-3-4-5-8(15)20-12(19)11(18)10(17)9(16)7(14)6-13/h2-5,7,9-14,16-19H,6H2,1H3/b3-2+,5-4+/t7-,9-,10+,11-,12?/m1/s1. The molecule has 0 saturated carbocycles. The lowest BCUT2D eigenvalue weighted by molar-refractivity contribution is -0.210. The van der Waals surface area contributed by atoms with Crippen molar-refractivity contribution in [1.82, 2.24) is 0 Å². The largest absolute Gasteiger partial charge is 0.430 e. The third-order valence-electron chi connectivity index (χ3n) is 2.35. The molecule has 0 aromatic heterocycles. The molecule has 0 saturated heterocycles. The van der Waals surface area contributed by atoms with E-state index >= 15 is 0 Å². The van der Waals surface area contributed by atoms with Crippen LogP contribution in [0, 0.1) is 0 Å². The van der Waals surface area contributed by atoms with Crippen LogP contribution in [0.3, 0.4) is 0 Å². The van der Waals surface area contributed by atoms with Gasteiger partial charge in [-0.25, -0.2) is 4.79 Å². The molecule has 8 heteroatoms. The van der Waals surface area contributed by atoms with Crippen molar-refractivity contribution < 1.29 is 40.2 Å². The van der Waals surface area contributed by atoms with E-state index in [1.807, 2.05) is 0 Å². The van der Waals surface area contributed by atoms with Gasteiger partial charge in [-0.2, -0.15) is 0 Å². The number of hydrogen-bond acceptors (Lipinski definition) is 8. The van der Waals surface area contributed by atoms with Crippen molar-refractivity contribution in [2.75, 3.05) is 6.61 Å². The summed E-state index contributed by atoms with van der Waals surface area (Å²) in [4.78, 5) is 11.2. The number of aliphatic hydroxyl groups is 6. The van der Waals surface area contributed by atoms with Crippen molar-refractivity contribution in [3.05, 3.63) is 24.3 Å². The van der Waals surface area contributed by atoms with Gasteiger partial charge in [0.2, 0.25) is 6.29 Å². The van der Waals surface area contributed by atoms with Crippen LogP contribution in [0.25, 0.3) is 0 Å². The molecule has 6 N–H and O–H groups in total. The first-order valence-corrected chi connectivity index (χ1v) is 5.86. The van der Waals surface area contributed by atoms with Gasteiger partial charge in [0.1, 0.15) is 24.4 Å². The van der Waals surface area contributed by atoms with Gasteiger partial charge in [0.15, 0.2) is 0 Å². The second-order valence-corrected chi connectivity index (χ2v) is 3.93. The Balaban J connectivity index is 4.46. The fourth-order valence-corrected chi connectivity index (χ4v) is 1.18. The van der Waals surface area contributed by atoms with Crippen molar-refractivity contribution in [2.24, 2.45) is 0 Å². The molecule has 0 aliphatic carbocycles. The molecule has 0 radical (unpaired) electrons. The summed E-state index contributed by atoms with van der Waals surface area (Å²) in [6.45, 7) is 0.866. The molecule has 1 unspecified atom stereocenters. The molecule has 8 nitrogen and oxygen atoms in total. The lowest BCUT2D eigenvalue weighted by Gasteiger charge is -2.27. The van der Waals surface area contributed by atoms with E-state index in [0.717, 1.165) is 6.08 Å². The molecule has 0 fully saturated rings. The molecule has 0 heterocycles. The van der Waals surface area contributed by atoms with E-state index in [2.05, 4.69) is 4.74 Å². The predicted molar refractivity (Wildman–Crippen MR) is 67.2 cm³/mol. The van der Waals surface area contributed by atoms with Gasteiger partial charge in [-0.3, -0.25) is 0 Å². The lowest BCUT2D eigenvalue weighted by Crippen LogP contribution is -2.50. The highest BCUT2D eigenvalue weighted by molar-refractivity contribution is 5.82. The van der Waals surface area contributed by atoms with Crippen LogP contribution in [0.4, 0.5) is 0 Å². The Morgan fingerprint density at radius 2 is 1.65 bits per heavy atom. The van der Waals surface area contributed by atoms with Crippen LogP contribution in [-0.4, -0.2) is 73.9 Å². The predicted octanol–water partition coefficient (Wildman–Crippen LogP) is -2.58. The first kappa shape index (κ1) is 18.7. The maximum Gasteiger partial charge on any atom is 0.333 e. The summed E-state index contributed by atoms with van der Waals surface area (Å²) >= 11 is 0. The molecule has 0 aliphatic heterocycles. The smallest absolute Gasteiger partial charge is 0.333 e. The summed E-state index contributed by atoms with van der Waals surface area (Å²) in [5, 5.41) is 55.2. The van der Waals surface area contributed by atoms with Gasteiger partial charge in [-0.05, 0) is 6.92 Å². The summed E-state index contributed by atoms with van der Waals surface area (Å²) in [6, 6.07) is 0. The molecule has 5 atom stereocenters. The van der Waals surface area contributed by atoms with Crippen molar-refractivity contribution in [1.29, 1.82) is 0 Å². The van der Waals surface area contributed by atoms with Gasteiger partial charge in [0.05, 0.1) is 6.61 Å². The summed E-state index contributed by atoms with van der Waals surface area (Å²) < 4.78 is 4.37. The van der Waals surface area contributed by atoms with Crippen LogP contribution in [0.1, 0.15) is 6.92 Å². The van der Waals surface area contributed by atoms with Gasteiger partial charge >= 0.3 is 5.97 Å². The Morgan fingerprint density at radius 1 is 1.05 bits per heavy atom. The highest BCUT2D eigenvalue weighted by Gasteiger charge is 2.35. The van der Waals surface area contributed by atoms with Gasteiger partial charge in [0.25, 0.3) is 0 Å². The minimum absolute atomic E-state index is 0.854. The summed E-state index contributed by atoms with van der Waals surface area (Å²) in [5.74, 6) is -0.973. The van der Waals surface area contributed by atoms with Gasteiger partial charge in [-0.1, -0.05) is 18.2 Å². The molecular formula is C12H20O8. The van der Waals surface area contributed by atoms with E-state index in [1.54, 1.807) is 13.0 Å². The van der Waals surface area contributed by atoms with Crippen LogP contribution in [-0.2, 0) is 9.53 Å². The normalized spacial score (nSPS) is 19.8. The first-order valence-electron chi connectivity index (χ1n) is 5.86. The zero-order chi connectivity index (χ0) is 15.7. The molecule has 0 amide bonds. The zero-order valence-corrected chi connectivity index (χ0v) is 10.9. The van der Waals surface area contributed by atoms with Crippen LogP contribution in [0.2, 0.25) is 0 Å². The second kappa shape index (κ2) is 9.59. The van der Waals surface area contributed by atoms with E-state index < -0.39 is 43.3 Å². The number of hydrogen-bond donors (Lipinski definition) is 6. The third kappa shape index (κ3) is 6.24. The van der Waals surface area contributed by atoms with Crippen molar-refractivity contribution >= 4 is 5.97 Å². The van der Waals surface area contributed by atoms with Crippen LogP contribution in [0.5, 0.6) is 0 Å². The molecule has 0 aromatic carbocycles. The fraction of sp³-hybridized carbons (Fsp3) is 0.583. The van der Waals surface area contributed by atoms with E-state index in [0.29, 0.717) is 0 Å². The van der Waals surface area contributed by atoms with Gasteiger partial charge in [0, 0.05) is 6.08 Å². The van der Waals surface area contributed by atoms with Gasteiger partial charge < -0.3 is 35.4 Å².